The predicted molar refractivity (Wildman–Crippen MR) is 82.7 cm³/mol. The molecule has 0 atom stereocenters. The number of hydrogen-bond donors (Lipinski definition) is 0. The van der Waals surface area contributed by atoms with Crippen LogP contribution in [0.15, 0.2) is 55.1 Å². The average Bonchev–Trinajstić information content (AvgIpc) is 2.78. The van der Waals surface area contributed by atoms with E-state index in [-0.39, 0.29) is 0 Å². The summed E-state index contributed by atoms with van der Waals surface area (Å²) in [5.74, 6) is 0. The van der Waals surface area contributed by atoms with Crippen LogP contribution in [0.1, 0.15) is 38.8 Å². The van der Waals surface area contributed by atoms with Gasteiger partial charge in [-0.05, 0) is 27.8 Å². The van der Waals surface area contributed by atoms with E-state index in [1.165, 1.54) is 22.3 Å². The van der Waals surface area contributed by atoms with Gasteiger partial charge in [0.25, 0.3) is 0 Å². The summed E-state index contributed by atoms with van der Waals surface area (Å²) in [5, 5.41) is 0. The Morgan fingerprint density at radius 2 is 0.833 bits per heavy atom. The molecule has 0 fully saturated rings. The molecule has 0 unspecified atom stereocenters. The third kappa shape index (κ3) is 2.38. The summed E-state index contributed by atoms with van der Waals surface area (Å²) in [6.07, 6.45) is 0. The summed E-state index contributed by atoms with van der Waals surface area (Å²) in [6.45, 7) is 12.1. The molecule has 0 nitrogen and oxygen atoms in total. The molecule has 0 heterocycles. The van der Waals surface area contributed by atoms with E-state index in [1.807, 2.05) is 27.7 Å². The maximum absolute atomic E-state index is 4.14. The minimum Gasteiger partial charge on any atom is -0.0905 e. The Morgan fingerprint density at radius 1 is 0.556 bits per heavy atom. The van der Waals surface area contributed by atoms with Crippen molar-refractivity contribution >= 4 is 5.57 Å². The first kappa shape index (κ1) is 14.2. The van der Waals surface area contributed by atoms with Crippen LogP contribution < -0.4 is 0 Å². The predicted octanol–water partition coefficient (Wildman–Crippen LogP) is 5.78. The zero-order valence-electron chi connectivity index (χ0n) is 11.8. The molecule has 0 amide bonds. The molecule has 1 aliphatic carbocycles. The van der Waals surface area contributed by atoms with Crippen molar-refractivity contribution in [1.82, 2.24) is 0 Å². The summed E-state index contributed by atoms with van der Waals surface area (Å²) in [7, 11) is 0. The molecule has 0 spiro atoms. The summed E-state index contributed by atoms with van der Waals surface area (Å²) in [5.41, 5.74) is 6.32. The van der Waals surface area contributed by atoms with Crippen LogP contribution in [0.5, 0.6) is 0 Å². The van der Waals surface area contributed by atoms with Crippen LogP contribution >= 0.6 is 0 Å². The molecule has 2 aromatic rings. The Bertz CT molecular complexity index is 474. The largest absolute Gasteiger partial charge is 0.0905 e. The van der Waals surface area contributed by atoms with Crippen molar-refractivity contribution in [1.29, 1.82) is 0 Å². The molecule has 0 radical (unpaired) electrons. The van der Waals surface area contributed by atoms with Gasteiger partial charge < -0.3 is 0 Å². The van der Waals surface area contributed by atoms with E-state index in [4.69, 9.17) is 0 Å². The van der Waals surface area contributed by atoms with Gasteiger partial charge in [-0.15, -0.1) is 0 Å². The SMILES string of the molecule is C=C1c2ccccc2-c2ccccc21.CC.CC. The van der Waals surface area contributed by atoms with E-state index in [1.54, 1.807) is 0 Å². The van der Waals surface area contributed by atoms with Crippen molar-refractivity contribution in [3.8, 4) is 11.1 Å². The molecule has 2 aromatic carbocycles. The van der Waals surface area contributed by atoms with Gasteiger partial charge in [-0.1, -0.05) is 82.8 Å². The molecular weight excluding hydrogens is 216 g/mol. The van der Waals surface area contributed by atoms with Gasteiger partial charge in [0.05, 0.1) is 0 Å². The molecular formula is C18H22. The Morgan fingerprint density at radius 3 is 1.17 bits per heavy atom. The fourth-order valence-electron chi connectivity index (χ4n) is 2.11. The highest BCUT2D eigenvalue weighted by Crippen LogP contribution is 2.42. The van der Waals surface area contributed by atoms with Crippen LogP contribution in [-0.4, -0.2) is 0 Å². The van der Waals surface area contributed by atoms with Crippen molar-refractivity contribution in [2.45, 2.75) is 27.7 Å². The van der Waals surface area contributed by atoms with Crippen LogP contribution in [0.25, 0.3) is 16.7 Å². The lowest BCUT2D eigenvalue weighted by Gasteiger charge is -1.97. The Kier molecular flexibility index (Phi) is 5.38. The summed E-state index contributed by atoms with van der Waals surface area (Å²) in [4.78, 5) is 0. The summed E-state index contributed by atoms with van der Waals surface area (Å²) < 4.78 is 0. The minimum absolute atomic E-state index is 1.15. The highest BCUT2D eigenvalue weighted by Gasteiger charge is 2.19. The molecule has 0 aliphatic heterocycles. The normalized spacial score (nSPS) is 10.3. The van der Waals surface area contributed by atoms with Crippen molar-refractivity contribution in [3.63, 3.8) is 0 Å². The second-order valence-electron chi connectivity index (χ2n) is 3.57. The number of benzene rings is 2. The standard InChI is InChI=1S/C14H10.2C2H6/c1-10-11-6-2-4-8-13(11)14-9-5-3-7-12(10)14;2*1-2/h2-9H,1H2;2*1-2H3. The van der Waals surface area contributed by atoms with Crippen molar-refractivity contribution < 1.29 is 0 Å². The van der Waals surface area contributed by atoms with E-state index in [2.05, 4.69) is 55.1 Å². The number of rotatable bonds is 0. The highest BCUT2D eigenvalue weighted by molar-refractivity contribution is 6.00. The van der Waals surface area contributed by atoms with Crippen LogP contribution in [0.2, 0.25) is 0 Å². The molecule has 94 valence electrons. The van der Waals surface area contributed by atoms with Crippen LogP contribution in [-0.2, 0) is 0 Å². The monoisotopic (exact) mass is 238 g/mol. The van der Waals surface area contributed by atoms with Crippen LogP contribution in [0.4, 0.5) is 0 Å². The van der Waals surface area contributed by atoms with Gasteiger partial charge in [-0.25, -0.2) is 0 Å². The Labute approximate surface area is 111 Å². The van der Waals surface area contributed by atoms with Gasteiger partial charge in [0, 0.05) is 0 Å². The molecule has 0 aromatic heterocycles. The van der Waals surface area contributed by atoms with Gasteiger partial charge in [0.15, 0.2) is 0 Å². The molecule has 0 bridgehead atoms. The van der Waals surface area contributed by atoms with Crippen molar-refractivity contribution in [2.75, 3.05) is 0 Å². The van der Waals surface area contributed by atoms with E-state index in [0.29, 0.717) is 0 Å². The lowest BCUT2D eigenvalue weighted by molar-refractivity contribution is 1.50. The fraction of sp³-hybridized carbons (Fsp3) is 0.222. The number of hydrogen-bond acceptors (Lipinski definition) is 0. The molecule has 0 N–H and O–H groups in total. The highest BCUT2D eigenvalue weighted by atomic mass is 14.2. The quantitative estimate of drug-likeness (QED) is 0.465. The first-order chi connectivity index (χ1) is 8.88. The van der Waals surface area contributed by atoms with Gasteiger partial charge in [0.2, 0.25) is 0 Å². The lowest BCUT2D eigenvalue weighted by Crippen LogP contribution is -1.75. The molecule has 0 saturated carbocycles. The lowest BCUT2D eigenvalue weighted by atomic mass is 10.1. The maximum atomic E-state index is 4.14. The molecule has 3 rings (SSSR count). The van der Waals surface area contributed by atoms with Gasteiger partial charge >= 0.3 is 0 Å². The molecule has 1 aliphatic rings. The van der Waals surface area contributed by atoms with Crippen molar-refractivity contribution in [2.24, 2.45) is 0 Å². The van der Waals surface area contributed by atoms with Gasteiger partial charge in [0.1, 0.15) is 0 Å². The Balaban J connectivity index is 0.000000371. The maximum Gasteiger partial charge on any atom is -0.00992 e. The van der Waals surface area contributed by atoms with Crippen LogP contribution in [0, 0.1) is 0 Å². The third-order valence-electron chi connectivity index (χ3n) is 2.79. The zero-order chi connectivity index (χ0) is 13.5. The van der Waals surface area contributed by atoms with E-state index < -0.39 is 0 Å². The fourth-order valence-corrected chi connectivity index (χ4v) is 2.11. The molecule has 18 heavy (non-hydrogen) atoms. The van der Waals surface area contributed by atoms with Gasteiger partial charge in [-0.2, -0.15) is 0 Å². The first-order valence-corrected chi connectivity index (χ1v) is 6.76. The van der Waals surface area contributed by atoms with Gasteiger partial charge in [-0.3, -0.25) is 0 Å². The van der Waals surface area contributed by atoms with E-state index in [0.717, 1.165) is 5.57 Å². The zero-order valence-corrected chi connectivity index (χ0v) is 11.8. The van der Waals surface area contributed by atoms with Crippen molar-refractivity contribution in [3.05, 3.63) is 66.2 Å². The summed E-state index contributed by atoms with van der Waals surface area (Å²) >= 11 is 0. The minimum atomic E-state index is 1.15. The van der Waals surface area contributed by atoms with E-state index in [9.17, 15) is 0 Å². The topological polar surface area (TPSA) is 0 Å². The van der Waals surface area contributed by atoms with E-state index >= 15 is 0 Å². The first-order valence-electron chi connectivity index (χ1n) is 6.76. The molecule has 0 saturated heterocycles. The number of fused-ring (bicyclic) bond motifs is 3. The Hall–Kier alpha value is -1.82. The second-order valence-corrected chi connectivity index (χ2v) is 3.57. The molecule has 0 heteroatoms. The second kappa shape index (κ2) is 6.80. The smallest absolute Gasteiger partial charge is 0.00992 e. The average molecular weight is 238 g/mol. The third-order valence-corrected chi connectivity index (χ3v) is 2.79. The summed E-state index contributed by atoms with van der Waals surface area (Å²) in [6, 6.07) is 16.9. The van der Waals surface area contributed by atoms with Crippen LogP contribution in [0.3, 0.4) is 0 Å².